The third-order valence-electron chi connectivity index (χ3n) is 5.06. The van der Waals surface area contributed by atoms with Crippen LogP contribution >= 0.6 is 11.8 Å². The molecular formula is C22H27FN4O2S. The van der Waals surface area contributed by atoms with Crippen molar-refractivity contribution in [1.82, 2.24) is 10.2 Å². The minimum Gasteiger partial charge on any atom is -0.369 e. The van der Waals surface area contributed by atoms with E-state index in [9.17, 15) is 14.0 Å². The molecule has 0 spiro atoms. The number of rotatable bonds is 7. The Morgan fingerprint density at radius 2 is 1.70 bits per heavy atom. The maximum atomic E-state index is 13.1. The summed E-state index contributed by atoms with van der Waals surface area (Å²) in [4.78, 5) is 29.6. The van der Waals surface area contributed by atoms with Crippen LogP contribution < -0.4 is 15.5 Å². The summed E-state index contributed by atoms with van der Waals surface area (Å²) in [6, 6.07) is 14.0. The van der Waals surface area contributed by atoms with Crippen LogP contribution in [0.2, 0.25) is 0 Å². The average Bonchev–Trinajstić information content (AvgIpc) is 2.78. The Bertz CT molecular complexity index is 854. The first-order chi connectivity index (χ1) is 14.6. The summed E-state index contributed by atoms with van der Waals surface area (Å²) in [6.45, 7) is 4.90. The zero-order valence-electron chi connectivity index (χ0n) is 17.1. The molecule has 2 amide bonds. The molecule has 0 radical (unpaired) electrons. The normalized spacial score (nSPS) is 14.4. The number of carbonyl (C=O) groups is 2. The van der Waals surface area contributed by atoms with Crippen LogP contribution in [0.25, 0.3) is 0 Å². The SMILES string of the molecule is CSc1ccccc1NC(=O)C(=O)NCCCN1CCN(c2ccc(F)cc2)CC1. The van der Waals surface area contributed by atoms with E-state index in [1.165, 1.54) is 23.9 Å². The number of benzene rings is 2. The van der Waals surface area contributed by atoms with Crippen molar-refractivity contribution < 1.29 is 14.0 Å². The van der Waals surface area contributed by atoms with Crippen molar-refractivity contribution >= 4 is 35.0 Å². The van der Waals surface area contributed by atoms with Gasteiger partial charge in [-0.25, -0.2) is 4.39 Å². The van der Waals surface area contributed by atoms with E-state index in [-0.39, 0.29) is 5.82 Å². The van der Waals surface area contributed by atoms with E-state index < -0.39 is 11.8 Å². The monoisotopic (exact) mass is 430 g/mol. The maximum Gasteiger partial charge on any atom is 0.313 e. The summed E-state index contributed by atoms with van der Waals surface area (Å²) >= 11 is 1.51. The van der Waals surface area contributed by atoms with E-state index in [1.54, 1.807) is 6.07 Å². The maximum absolute atomic E-state index is 13.1. The summed E-state index contributed by atoms with van der Waals surface area (Å²) in [6.07, 6.45) is 2.70. The van der Waals surface area contributed by atoms with Crippen molar-refractivity contribution in [2.45, 2.75) is 11.3 Å². The molecule has 1 heterocycles. The van der Waals surface area contributed by atoms with Crippen molar-refractivity contribution in [1.29, 1.82) is 0 Å². The highest BCUT2D eigenvalue weighted by Crippen LogP contribution is 2.24. The summed E-state index contributed by atoms with van der Waals surface area (Å²) in [5.74, 6) is -1.49. The van der Waals surface area contributed by atoms with Crippen molar-refractivity contribution in [3.63, 3.8) is 0 Å². The van der Waals surface area contributed by atoms with E-state index >= 15 is 0 Å². The van der Waals surface area contributed by atoms with E-state index in [4.69, 9.17) is 0 Å². The number of hydrogen-bond donors (Lipinski definition) is 2. The molecule has 0 atom stereocenters. The van der Waals surface area contributed by atoms with Crippen LogP contribution in [0.5, 0.6) is 0 Å². The lowest BCUT2D eigenvalue weighted by molar-refractivity contribution is -0.136. The molecule has 160 valence electrons. The van der Waals surface area contributed by atoms with E-state index in [0.29, 0.717) is 12.2 Å². The Kier molecular flexibility index (Phi) is 8.10. The van der Waals surface area contributed by atoms with Gasteiger partial charge in [0.1, 0.15) is 5.82 Å². The number of nitrogens with zero attached hydrogens (tertiary/aromatic N) is 2. The predicted octanol–water partition coefficient (Wildman–Crippen LogP) is 2.81. The summed E-state index contributed by atoms with van der Waals surface area (Å²) in [5.41, 5.74) is 1.68. The average molecular weight is 431 g/mol. The molecule has 0 aromatic heterocycles. The second-order valence-electron chi connectivity index (χ2n) is 7.07. The van der Waals surface area contributed by atoms with Gasteiger partial charge in [-0.3, -0.25) is 14.5 Å². The number of piperazine rings is 1. The van der Waals surface area contributed by atoms with Crippen molar-refractivity contribution in [3.05, 3.63) is 54.3 Å². The quantitative estimate of drug-likeness (QED) is 0.402. The third kappa shape index (κ3) is 6.21. The highest BCUT2D eigenvalue weighted by molar-refractivity contribution is 7.98. The van der Waals surface area contributed by atoms with Crippen LogP contribution in [0.1, 0.15) is 6.42 Å². The van der Waals surface area contributed by atoms with E-state index in [1.807, 2.05) is 36.6 Å². The van der Waals surface area contributed by atoms with Gasteiger partial charge in [-0.2, -0.15) is 0 Å². The Morgan fingerprint density at radius 3 is 2.40 bits per heavy atom. The van der Waals surface area contributed by atoms with Gasteiger partial charge in [0, 0.05) is 43.3 Å². The lowest BCUT2D eigenvalue weighted by Crippen LogP contribution is -2.47. The van der Waals surface area contributed by atoms with Gasteiger partial charge >= 0.3 is 11.8 Å². The summed E-state index contributed by atoms with van der Waals surface area (Å²) in [5, 5.41) is 5.35. The minimum atomic E-state index is -0.649. The number of thioether (sulfide) groups is 1. The molecule has 1 fully saturated rings. The van der Waals surface area contributed by atoms with Gasteiger partial charge in [0.15, 0.2) is 0 Å². The Balaban J connectivity index is 1.33. The number of hydrogen-bond acceptors (Lipinski definition) is 5. The molecule has 0 aliphatic carbocycles. The third-order valence-corrected chi connectivity index (χ3v) is 5.86. The Hall–Kier alpha value is -2.58. The number of amides is 2. The molecule has 2 aromatic carbocycles. The summed E-state index contributed by atoms with van der Waals surface area (Å²) in [7, 11) is 0. The lowest BCUT2D eigenvalue weighted by Gasteiger charge is -2.36. The highest BCUT2D eigenvalue weighted by atomic mass is 32.2. The number of carbonyl (C=O) groups excluding carboxylic acids is 2. The topological polar surface area (TPSA) is 64.7 Å². The van der Waals surface area contributed by atoms with Gasteiger partial charge < -0.3 is 15.5 Å². The van der Waals surface area contributed by atoms with Gasteiger partial charge in [0.05, 0.1) is 5.69 Å². The van der Waals surface area contributed by atoms with Gasteiger partial charge in [-0.05, 0) is 55.6 Å². The molecule has 30 heavy (non-hydrogen) atoms. The zero-order valence-corrected chi connectivity index (χ0v) is 17.9. The fraction of sp³-hybridized carbons (Fsp3) is 0.364. The van der Waals surface area contributed by atoms with Crippen LogP contribution in [-0.2, 0) is 9.59 Å². The summed E-state index contributed by atoms with van der Waals surface area (Å²) < 4.78 is 13.1. The van der Waals surface area contributed by atoms with E-state index in [0.717, 1.165) is 49.7 Å². The molecule has 0 bridgehead atoms. The van der Waals surface area contributed by atoms with Crippen LogP contribution in [0.4, 0.5) is 15.8 Å². The molecule has 1 saturated heterocycles. The Labute approximate surface area is 180 Å². The second-order valence-corrected chi connectivity index (χ2v) is 7.92. The molecule has 3 rings (SSSR count). The van der Waals surface area contributed by atoms with Gasteiger partial charge in [0.2, 0.25) is 0 Å². The van der Waals surface area contributed by atoms with Crippen LogP contribution in [-0.4, -0.2) is 62.2 Å². The van der Waals surface area contributed by atoms with Gasteiger partial charge in [-0.15, -0.1) is 11.8 Å². The minimum absolute atomic E-state index is 0.221. The first kappa shape index (κ1) is 22.1. The largest absolute Gasteiger partial charge is 0.369 e. The second kappa shape index (κ2) is 11.0. The zero-order chi connectivity index (χ0) is 21.3. The fourth-order valence-electron chi connectivity index (χ4n) is 3.39. The number of halogens is 1. The van der Waals surface area contributed by atoms with Crippen molar-refractivity contribution in [2.24, 2.45) is 0 Å². The van der Waals surface area contributed by atoms with Crippen LogP contribution in [0, 0.1) is 5.82 Å². The first-order valence-electron chi connectivity index (χ1n) is 10.0. The molecule has 8 heteroatoms. The van der Waals surface area contributed by atoms with Crippen LogP contribution in [0.15, 0.2) is 53.4 Å². The molecule has 2 N–H and O–H groups in total. The van der Waals surface area contributed by atoms with Gasteiger partial charge in [0.25, 0.3) is 0 Å². The standard InChI is InChI=1S/C22H27FN4O2S/c1-30-20-6-3-2-5-19(20)25-22(29)21(28)24-11-4-12-26-13-15-27(16-14-26)18-9-7-17(23)8-10-18/h2-3,5-10H,4,11-16H2,1H3,(H,24,28)(H,25,29). The molecule has 1 aliphatic heterocycles. The van der Waals surface area contributed by atoms with Crippen LogP contribution in [0.3, 0.4) is 0 Å². The number of anilines is 2. The Morgan fingerprint density at radius 1 is 1.00 bits per heavy atom. The van der Waals surface area contributed by atoms with E-state index in [2.05, 4.69) is 20.4 Å². The van der Waals surface area contributed by atoms with Gasteiger partial charge in [-0.1, -0.05) is 12.1 Å². The molecule has 0 unspecified atom stereocenters. The number of nitrogens with one attached hydrogen (secondary N) is 2. The predicted molar refractivity (Wildman–Crippen MR) is 120 cm³/mol. The van der Waals surface area contributed by atoms with Crippen molar-refractivity contribution in [2.75, 3.05) is 55.7 Å². The smallest absolute Gasteiger partial charge is 0.313 e. The highest BCUT2D eigenvalue weighted by Gasteiger charge is 2.18. The first-order valence-corrected chi connectivity index (χ1v) is 11.2. The number of para-hydroxylation sites is 1. The van der Waals surface area contributed by atoms with Crippen molar-refractivity contribution in [3.8, 4) is 0 Å². The molecule has 2 aromatic rings. The molecular weight excluding hydrogens is 403 g/mol. The fourth-order valence-corrected chi connectivity index (χ4v) is 3.95. The molecule has 6 nitrogen and oxygen atoms in total. The molecule has 0 saturated carbocycles. The molecule has 1 aliphatic rings. The lowest BCUT2D eigenvalue weighted by atomic mass is 10.2.